The molecule has 0 nitrogen and oxygen atoms in total. The van der Waals surface area contributed by atoms with Crippen LogP contribution in [0.25, 0.3) is 11.1 Å². The van der Waals surface area contributed by atoms with Crippen molar-refractivity contribution in [3.05, 3.63) is 84.0 Å². The average Bonchev–Trinajstić information content (AvgIpc) is 2.50. The Labute approximate surface area is 128 Å². The zero-order valence-electron chi connectivity index (χ0n) is 13.2. The number of benzene rings is 2. The summed E-state index contributed by atoms with van der Waals surface area (Å²) < 4.78 is 0. The second-order valence-electron chi connectivity index (χ2n) is 5.47. The molecule has 2 aromatic rings. The fraction of sp³-hybridized carbons (Fsp3) is 0.238. The van der Waals surface area contributed by atoms with Crippen molar-refractivity contribution in [3.8, 4) is 11.1 Å². The second-order valence-corrected chi connectivity index (χ2v) is 5.47. The summed E-state index contributed by atoms with van der Waals surface area (Å²) in [6.45, 7) is 12.1. The minimum atomic E-state index is 0.917. The average molecular weight is 276 g/mol. The monoisotopic (exact) mass is 276 g/mol. The van der Waals surface area contributed by atoms with Crippen LogP contribution in [0.1, 0.15) is 29.2 Å². The molecule has 0 spiro atoms. The molecule has 0 fully saturated rings. The second kappa shape index (κ2) is 7.08. The Balaban J connectivity index is 2.50. The zero-order valence-corrected chi connectivity index (χ0v) is 13.2. The van der Waals surface area contributed by atoms with E-state index in [-0.39, 0.29) is 0 Å². The molecular formula is C21H24. The summed E-state index contributed by atoms with van der Waals surface area (Å²) in [5.74, 6) is 0. The molecule has 0 unspecified atom stereocenters. The zero-order chi connectivity index (χ0) is 15.2. The van der Waals surface area contributed by atoms with Crippen LogP contribution in [0.4, 0.5) is 0 Å². The van der Waals surface area contributed by atoms with Gasteiger partial charge in [-0.05, 0) is 59.6 Å². The lowest BCUT2D eigenvalue weighted by Gasteiger charge is -2.12. The molecule has 0 N–H and O–H groups in total. The Bertz CT molecular complexity index is 647. The predicted molar refractivity (Wildman–Crippen MR) is 93.8 cm³/mol. The molecule has 21 heavy (non-hydrogen) atoms. The van der Waals surface area contributed by atoms with E-state index in [4.69, 9.17) is 0 Å². The maximum absolute atomic E-state index is 3.88. The summed E-state index contributed by atoms with van der Waals surface area (Å²) in [7, 11) is 0. The third-order valence-corrected chi connectivity index (χ3v) is 3.94. The summed E-state index contributed by atoms with van der Waals surface area (Å²) >= 11 is 0. The number of rotatable bonds is 6. The fourth-order valence-electron chi connectivity index (χ4n) is 2.76. The van der Waals surface area contributed by atoms with Gasteiger partial charge in [0, 0.05) is 0 Å². The summed E-state index contributed by atoms with van der Waals surface area (Å²) in [5, 5.41) is 0. The van der Waals surface area contributed by atoms with Gasteiger partial charge in [0.2, 0.25) is 0 Å². The van der Waals surface area contributed by atoms with Crippen LogP contribution in [-0.4, -0.2) is 0 Å². The Morgan fingerprint density at radius 1 is 0.905 bits per heavy atom. The van der Waals surface area contributed by atoms with Gasteiger partial charge in [-0.3, -0.25) is 0 Å². The lowest BCUT2D eigenvalue weighted by molar-refractivity contribution is 1.08. The normalized spacial score (nSPS) is 10.4. The van der Waals surface area contributed by atoms with Gasteiger partial charge in [0.15, 0.2) is 0 Å². The quantitative estimate of drug-likeness (QED) is 0.595. The molecule has 0 heteroatoms. The van der Waals surface area contributed by atoms with Crippen LogP contribution in [-0.2, 0) is 19.3 Å². The van der Waals surface area contributed by atoms with Crippen molar-refractivity contribution in [2.24, 2.45) is 0 Å². The molecule has 0 atom stereocenters. The van der Waals surface area contributed by atoms with Gasteiger partial charge in [-0.25, -0.2) is 0 Å². The largest absolute Gasteiger partial charge is 0.103 e. The summed E-state index contributed by atoms with van der Waals surface area (Å²) in [4.78, 5) is 0. The number of allylic oxidation sites excluding steroid dienone is 2. The van der Waals surface area contributed by atoms with Gasteiger partial charge >= 0.3 is 0 Å². The van der Waals surface area contributed by atoms with Crippen LogP contribution >= 0.6 is 0 Å². The molecule has 0 aliphatic carbocycles. The van der Waals surface area contributed by atoms with Gasteiger partial charge in [0.25, 0.3) is 0 Å². The highest BCUT2D eigenvalue weighted by Crippen LogP contribution is 2.27. The van der Waals surface area contributed by atoms with E-state index in [0.29, 0.717) is 0 Å². The highest BCUT2D eigenvalue weighted by molar-refractivity contribution is 5.69. The summed E-state index contributed by atoms with van der Waals surface area (Å²) in [6.07, 6.45) is 6.86. The molecule has 0 aliphatic heterocycles. The Morgan fingerprint density at radius 3 is 2.33 bits per heavy atom. The predicted octanol–water partition coefficient (Wildman–Crippen LogP) is 5.68. The Hall–Kier alpha value is -2.08. The van der Waals surface area contributed by atoms with E-state index >= 15 is 0 Å². The fourth-order valence-corrected chi connectivity index (χ4v) is 2.76. The Morgan fingerprint density at radius 2 is 1.67 bits per heavy atom. The third kappa shape index (κ3) is 3.52. The molecule has 0 bridgehead atoms. The van der Waals surface area contributed by atoms with E-state index in [1.165, 1.54) is 33.4 Å². The maximum atomic E-state index is 3.88. The van der Waals surface area contributed by atoms with Gasteiger partial charge in [0.1, 0.15) is 0 Å². The number of aryl methyl sites for hydroxylation is 2. The van der Waals surface area contributed by atoms with Gasteiger partial charge in [0.05, 0.1) is 0 Å². The topological polar surface area (TPSA) is 0 Å². The van der Waals surface area contributed by atoms with Crippen LogP contribution in [0, 0.1) is 6.92 Å². The van der Waals surface area contributed by atoms with E-state index in [2.05, 4.69) is 63.4 Å². The molecule has 0 saturated heterocycles. The van der Waals surface area contributed by atoms with Crippen molar-refractivity contribution in [1.29, 1.82) is 0 Å². The van der Waals surface area contributed by atoms with Crippen LogP contribution in [0.5, 0.6) is 0 Å². The van der Waals surface area contributed by atoms with Gasteiger partial charge in [-0.1, -0.05) is 55.5 Å². The lowest BCUT2D eigenvalue weighted by Crippen LogP contribution is -1.94. The number of hydrogen-bond acceptors (Lipinski definition) is 0. The SMILES string of the molecule is C=CCc1ccc(C)c(-c2ccc(CC)c(CC=C)c2)c1. The van der Waals surface area contributed by atoms with Gasteiger partial charge in [-0.15, -0.1) is 13.2 Å². The van der Waals surface area contributed by atoms with Crippen LogP contribution in [0.3, 0.4) is 0 Å². The first-order valence-electron chi connectivity index (χ1n) is 7.63. The van der Waals surface area contributed by atoms with Gasteiger partial charge in [-0.2, -0.15) is 0 Å². The minimum absolute atomic E-state index is 0.917. The first-order chi connectivity index (χ1) is 10.2. The highest BCUT2D eigenvalue weighted by atomic mass is 14.1. The van der Waals surface area contributed by atoms with Crippen molar-refractivity contribution in [1.82, 2.24) is 0 Å². The van der Waals surface area contributed by atoms with Crippen LogP contribution in [0.2, 0.25) is 0 Å². The molecule has 108 valence electrons. The van der Waals surface area contributed by atoms with Crippen LogP contribution in [0.15, 0.2) is 61.7 Å². The van der Waals surface area contributed by atoms with Crippen LogP contribution < -0.4 is 0 Å². The summed E-state index contributed by atoms with van der Waals surface area (Å²) in [6, 6.07) is 13.5. The molecule has 2 rings (SSSR count). The van der Waals surface area contributed by atoms with Gasteiger partial charge < -0.3 is 0 Å². The molecule has 0 amide bonds. The number of hydrogen-bond donors (Lipinski definition) is 0. The first kappa shape index (κ1) is 15.3. The van der Waals surface area contributed by atoms with E-state index in [1.54, 1.807) is 0 Å². The molecule has 0 aliphatic rings. The van der Waals surface area contributed by atoms with E-state index < -0.39 is 0 Å². The minimum Gasteiger partial charge on any atom is -0.103 e. The van der Waals surface area contributed by atoms with E-state index in [1.807, 2.05) is 12.2 Å². The van der Waals surface area contributed by atoms with Crippen molar-refractivity contribution >= 4 is 0 Å². The molecule has 2 aromatic carbocycles. The molecule has 0 heterocycles. The smallest absolute Gasteiger partial charge is 0.00972 e. The lowest BCUT2D eigenvalue weighted by atomic mass is 9.92. The summed E-state index contributed by atoms with van der Waals surface area (Å²) in [5.41, 5.74) is 8.05. The standard InChI is InChI=1S/C21H24/c1-5-8-17-11-10-16(4)21(14-17)20-13-12-18(7-3)19(15-20)9-6-2/h5-6,10-15H,1-2,7-9H2,3-4H3. The first-order valence-corrected chi connectivity index (χ1v) is 7.63. The highest BCUT2D eigenvalue weighted by Gasteiger charge is 2.06. The Kier molecular flexibility index (Phi) is 5.16. The van der Waals surface area contributed by atoms with Crippen molar-refractivity contribution in [2.75, 3.05) is 0 Å². The molecule has 0 aromatic heterocycles. The van der Waals surface area contributed by atoms with Crippen molar-refractivity contribution < 1.29 is 0 Å². The molecule has 0 saturated carbocycles. The van der Waals surface area contributed by atoms with Crippen molar-refractivity contribution in [3.63, 3.8) is 0 Å². The molecule has 0 radical (unpaired) electrons. The maximum Gasteiger partial charge on any atom is -0.00972 e. The van der Waals surface area contributed by atoms with E-state index in [9.17, 15) is 0 Å². The van der Waals surface area contributed by atoms with E-state index in [0.717, 1.165) is 19.3 Å². The third-order valence-electron chi connectivity index (χ3n) is 3.94. The molecular weight excluding hydrogens is 252 g/mol. The van der Waals surface area contributed by atoms with Crippen molar-refractivity contribution in [2.45, 2.75) is 33.1 Å².